The van der Waals surface area contributed by atoms with Gasteiger partial charge in [-0.2, -0.15) is 13.2 Å². The molecule has 0 bridgehead atoms. The average Bonchev–Trinajstić information content (AvgIpc) is 2.40. The van der Waals surface area contributed by atoms with Gasteiger partial charge in [0.05, 0.1) is 24.5 Å². The molecule has 0 atom stereocenters. The predicted octanol–water partition coefficient (Wildman–Crippen LogP) is 4.40. The highest BCUT2D eigenvalue weighted by atomic mass is 35.6. The summed E-state index contributed by atoms with van der Waals surface area (Å²) in [6.07, 6.45) is -5.98. The molecule has 0 radical (unpaired) electrons. The van der Waals surface area contributed by atoms with Crippen LogP contribution >= 0.6 is 34.8 Å². The van der Waals surface area contributed by atoms with Crippen LogP contribution in [-0.4, -0.2) is 35.8 Å². The van der Waals surface area contributed by atoms with E-state index in [2.05, 4.69) is 10.1 Å². The number of amides is 1. The van der Waals surface area contributed by atoms with Crippen molar-refractivity contribution in [1.29, 1.82) is 0 Å². The Kier molecular flexibility index (Phi) is 5.95. The summed E-state index contributed by atoms with van der Waals surface area (Å²) in [5.41, 5.74) is -1.18. The molecule has 1 aliphatic heterocycles. The summed E-state index contributed by atoms with van der Waals surface area (Å²) in [4.78, 5) is 11.7. The van der Waals surface area contributed by atoms with Crippen molar-refractivity contribution in [3.63, 3.8) is 0 Å². The normalized spacial score (nSPS) is 15.6. The number of benzene rings is 1. The summed E-state index contributed by atoms with van der Waals surface area (Å²) in [7, 11) is 0. The summed E-state index contributed by atoms with van der Waals surface area (Å²) in [6.45, 7) is 0.0332. The topological polar surface area (TPSA) is 56.8 Å². The number of halogens is 6. The molecule has 1 heterocycles. The molecule has 1 aromatic carbocycles. The van der Waals surface area contributed by atoms with E-state index in [0.29, 0.717) is 13.2 Å². The smallest absolute Gasteiger partial charge is 0.416 e. The summed E-state index contributed by atoms with van der Waals surface area (Å²) in [6, 6.07) is 2.67. The van der Waals surface area contributed by atoms with Crippen molar-refractivity contribution in [2.45, 2.75) is 16.1 Å². The maximum absolute atomic E-state index is 12.8. The van der Waals surface area contributed by atoms with Crippen molar-refractivity contribution in [3.05, 3.63) is 23.8 Å². The van der Waals surface area contributed by atoms with Gasteiger partial charge in [0.25, 0.3) is 0 Å². The van der Waals surface area contributed by atoms with Gasteiger partial charge in [0.15, 0.2) is 0 Å². The predicted molar refractivity (Wildman–Crippen MR) is 81.9 cm³/mol. The van der Waals surface area contributed by atoms with E-state index in [4.69, 9.17) is 44.3 Å². The molecule has 0 spiro atoms. The van der Waals surface area contributed by atoms with Gasteiger partial charge in [0.1, 0.15) is 18.5 Å². The monoisotopic (exact) mass is 407 g/mol. The summed E-state index contributed by atoms with van der Waals surface area (Å²) < 4.78 is 51.6. The number of nitrogens with one attached hydrogen (secondary N) is 1. The summed E-state index contributed by atoms with van der Waals surface area (Å²) in [5, 5.41) is 2.15. The van der Waals surface area contributed by atoms with Crippen LogP contribution in [-0.2, 0) is 15.7 Å². The third-order valence-electron chi connectivity index (χ3n) is 2.81. The number of rotatable bonds is 4. The summed E-state index contributed by atoms with van der Waals surface area (Å²) in [5.74, 6) is 0.0436. The van der Waals surface area contributed by atoms with E-state index < -0.39 is 28.2 Å². The number of alkyl halides is 6. The van der Waals surface area contributed by atoms with E-state index in [-0.39, 0.29) is 17.5 Å². The van der Waals surface area contributed by atoms with E-state index >= 15 is 0 Å². The van der Waals surface area contributed by atoms with Gasteiger partial charge in [-0.25, -0.2) is 4.79 Å². The Morgan fingerprint density at radius 1 is 1.29 bits per heavy atom. The fraction of sp³-hybridized carbons (Fsp3) is 0.462. The van der Waals surface area contributed by atoms with Crippen LogP contribution in [0.2, 0.25) is 0 Å². The van der Waals surface area contributed by atoms with Crippen LogP contribution in [0.1, 0.15) is 5.56 Å². The maximum atomic E-state index is 12.8. The first kappa shape index (κ1) is 19.2. The first-order valence-corrected chi connectivity index (χ1v) is 7.64. The molecular formula is C13H11Cl3F3NO4. The lowest BCUT2D eigenvalue weighted by Gasteiger charge is -2.28. The van der Waals surface area contributed by atoms with Crippen LogP contribution in [0, 0.1) is 0 Å². The second-order valence-corrected chi connectivity index (χ2v) is 7.32. The van der Waals surface area contributed by atoms with Crippen molar-refractivity contribution in [1.82, 2.24) is 0 Å². The molecule has 24 heavy (non-hydrogen) atoms. The zero-order chi connectivity index (χ0) is 18.0. The van der Waals surface area contributed by atoms with Crippen LogP contribution in [0.4, 0.5) is 23.7 Å². The third-order valence-corrected chi connectivity index (χ3v) is 3.14. The number of anilines is 1. The van der Waals surface area contributed by atoms with Crippen LogP contribution in [0.3, 0.4) is 0 Å². The molecule has 1 aromatic rings. The highest BCUT2D eigenvalue weighted by Crippen LogP contribution is 2.36. The van der Waals surface area contributed by atoms with E-state index in [1.54, 1.807) is 0 Å². The Bertz CT molecular complexity index is 603. The van der Waals surface area contributed by atoms with Crippen molar-refractivity contribution >= 4 is 46.6 Å². The highest BCUT2D eigenvalue weighted by molar-refractivity contribution is 6.67. The molecule has 1 fully saturated rings. The Labute approximate surface area is 149 Å². The number of ether oxygens (including phenoxy) is 3. The Morgan fingerprint density at radius 2 is 1.96 bits per heavy atom. The zero-order valence-corrected chi connectivity index (χ0v) is 14.1. The molecule has 11 heteroatoms. The number of carbonyl (C=O) groups is 1. The maximum Gasteiger partial charge on any atom is 0.416 e. The lowest BCUT2D eigenvalue weighted by molar-refractivity contribution is -0.137. The van der Waals surface area contributed by atoms with Gasteiger partial charge in [-0.05, 0) is 18.2 Å². The van der Waals surface area contributed by atoms with E-state index in [0.717, 1.165) is 18.2 Å². The number of hydrogen-bond donors (Lipinski definition) is 1. The van der Waals surface area contributed by atoms with Crippen molar-refractivity contribution in [2.75, 3.05) is 25.1 Å². The van der Waals surface area contributed by atoms with Crippen LogP contribution in [0.5, 0.6) is 5.75 Å². The lowest BCUT2D eigenvalue weighted by atomic mass is 10.1. The van der Waals surface area contributed by atoms with Gasteiger partial charge in [-0.15, -0.1) is 0 Å². The van der Waals surface area contributed by atoms with Gasteiger partial charge >= 0.3 is 12.3 Å². The molecule has 134 valence electrons. The quantitative estimate of drug-likeness (QED) is 0.750. The third kappa shape index (κ3) is 5.77. The molecule has 5 nitrogen and oxygen atoms in total. The zero-order valence-electron chi connectivity index (χ0n) is 11.8. The van der Waals surface area contributed by atoms with Gasteiger partial charge in [-0.3, -0.25) is 5.32 Å². The SMILES string of the molecule is O=C(Nc1cc(C(F)(F)F)ccc1OC1COC1)OCC(Cl)(Cl)Cl. The Hall–Kier alpha value is -1.09. The Morgan fingerprint density at radius 3 is 2.46 bits per heavy atom. The van der Waals surface area contributed by atoms with E-state index in [9.17, 15) is 18.0 Å². The fourth-order valence-electron chi connectivity index (χ4n) is 1.66. The Balaban J connectivity index is 2.14. The molecule has 0 aliphatic carbocycles. The van der Waals surface area contributed by atoms with Crippen LogP contribution < -0.4 is 10.1 Å². The van der Waals surface area contributed by atoms with Crippen molar-refractivity contribution in [2.24, 2.45) is 0 Å². The minimum atomic E-state index is -4.59. The lowest BCUT2D eigenvalue weighted by Crippen LogP contribution is -2.38. The molecular weight excluding hydrogens is 397 g/mol. The van der Waals surface area contributed by atoms with Crippen molar-refractivity contribution in [3.8, 4) is 5.75 Å². The average molecular weight is 409 g/mol. The molecule has 0 unspecified atom stereocenters. The van der Waals surface area contributed by atoms with E-state index in [1.165, 1.54) is 0 Å². The molecule has 2 rings (SSSR count). The first-order chi connectivity index (χ1) is 11.0. The molecule has 0 saturated carbocycles. The molecule has 1 saturated heterocycles. The largest absolute Gasteiger partial charge is 0.483 e. The van der Waals surface area contributed by atoms with Gasteiger partial charge < -0.3 is 14.2 Å². The number of hydrogen-bond acceptors (Lipinski definition) is 4. The molecule has 0 aromatic heterocycles. The standard InChI is InChI=1S/C13H11Cl3F3NO4/c14-12(15,16)6-23-11(21)20-9-3-7(13(17,18)19)1-2-10(9)24-8-4-22-5-8/h1-3,8H,4-6H2,(H,20,21). The highest BCUT2D eigenvalue weighted by Gasteiger charge is 2.32. The van der Waals surface area contributed by atoms with Crippen LogP contribution in [0.15, 0.2) is 18.2 Å². The fourth-order valence-corrected chi connectivity index (χ4v) is 1.83. The molecule has 1 N–H and O–H groups in total. The number of carbonyl (C=O) groups excluding carboxylic acids is 1. The van der Waals surface area contributed by atoms with Crippen LogP contribution in [0.25, 0.3) is 0 Å². The second-order valence-electron chi connectivity index (χ2n) is 4.80. The minimum absolute atomic E-state index is 0.0436. The minimum Gasteiger partial charge on any atom is -0.483 e. The summed E-state index contributed by atoms with van der Waals surface area (Å²) >= 11 is 16.3. The van der Waals surface area contributed by atoms with Crippen molar-refractivity contribution < 1.29 is 32.2 Å². The van der Waals surface area contributed by atoms with Gasteiger partial charge in [-0.1, -0.05) is 34.8 Å². The van der Waals surface area contributed by atoms with Gasteiger partial charge in [0.2, 0.25) is 3.79 Å². The second kappa shape index (κ2) is 7.43. The first-order valence-electron chi connectivity index (χ1n) is 6.51. The van der Waals surface area contributed by atoms with E-state index in [1.807, 2.05) is 0 Å². The van der Waals surface area contributed by atoms with Gasteiger partial charge in [0, 0.05) is 0 Å². The molecule has 1 amide bonds. The molecule has 1 aliphatic rings.